The molecule has 8 heteroatoms. The van der Waals surface area contributed by atoms with E-state index in [1.165, 1.54) is 4.90 Å². The van der Waals surface area contributed by atoms with Gasteiger partial charge < -0.3 is 29.1 Å². The first-order valence-electron chi connectivity index (χ1n) is 13.7. The van der Waals surface area contributed by atoms with Crippen molar-refractivity contribution in [3.05, 3.63) is 58.7 Å². The molecule has 0 saturated carbocycles. The van der Waals surface area contributed by atoms with E-state index in [2.05, 4.69) is 6.92 Å². The molecular weight excluding hydrogens is 496 g/mol. The van der Waals surface area contributed by atoms with E-state index >= 15 is 0 Å². The number of likely N-dealkylation sites (tertiary alicyclic amines) is 1. The first kappa shape index (κ1) is 30.0. The maximum absolute atomic E-state index is 13.4. The van der Waals surface area contributed by atoms with Crippen molar-refractivity contribution in [2.75, 3.05) is 47.5 Å². The molecule has 39 heavy (non-hydrogen) atoms. The zero-order valence-electron chi connectivity index (χ0n) is 24.1. The SMILES string of the molecule is CCCCCOc1ccc(C2/C(=C(\O)c3ccc(OCCC)cc3C)C(=O)C(=O)N2CCN(C)C)cc1OC. The van der Waals surface area contributed by atoms with Gasteiger partial charge in [0.05, 0.1) is 31.9 Å². The molecule has 1 amide bonds. The normalized spacial score (nSPS) is 16.7. The van der Waals surface area contributed by atoms with Gasteiger partial charge in [0.15, 0.2) is 11.5 Å². The molecule has 0 radical (unpaired) electrons. The third kappa shape index (κ3) is 7.12. The number of carbonyl (C=O) groups is 2. The second kappa shape index (κ2) is 14.0. The maximum Gasteiger partial charge on any atom is 0.295 e. The summed E-state index contributed by atoms with van der Waals surface area (Å²) < 4.78 is 17.3. The topological polar surface area (TPSA) is 88.5 Å². The monoisotopic (exact) mass is 538 g/mol. The van der Waals surface area contributed by atoms with Gasteiger partial charge >= 0.3 is 0 Å². The van der Waals surface area contributed by atoms with Gasteiger partial charge in [-0.05, 0) is 75.3 Å². The Labute approximate surface area is 232 Å². The van der Waals surface area contributed by atoms with Crippen LogP contribution in [0.3, 0.4) is 0 Å². The van der Waals surface area contributed by atoms with Crippen molar-refractivity contribution in [1.82, 2.24) is 9.80 Å². The average Bonchev–Trinajstić information content (AvgIpc) is 3.17. The predicted molar refractivity (Wildman–Crippen MR) is 153 cm³/mol. The number of ketones is 1. The number of rotatable bonds is 14. The van der Waals surface area contributed by atoms with E-state index in [1.807, 2.05) is 45.0 Å². The maximum atomic E-state index is 13.4. The Morgan fingerprint density at radius 1 is 0.974 bits per heavy atom. The van der Waals surface area contributed by atoms with E-state index in [0.29, 0.717) is 54.7 Å². The van der Waals surface area contributed by atoms with Gasteiger partial charge in [-0.3, -0.25) is 9.59 Å². The highest BCUT2D eigenvalue weighted by Crippen LogP contribution is 2.42. The number of hydrogen-bond acceptors (Lipinski definition) is 7. The molecule has 8 nitrogen and oxygen atoms in total. The third-order valence-corrected chi connectivity index (χ3v) is 6.76. The fraction of sp³-hybridized carbons (Fsp3) is 0.484. The standard InChI is InChI=1S/C31H42N2O6/c1-7-9-10-18-39-25-14-11-22(20-26(25)37-6)28-27(30(35)31(36)33(28)16-15-32(4)5)29(34)24-13-12-23(19-21(24)3)38-17-8-2/h11-14,19-20,28,34H,7-10,15-18H2,1-6H3/b29-27+. The highest BCUT2D eigenvalue weighted by molar-refractivity contribution is 6.46. The number of carbonyl (C=O) groups excluding carboxylic acids is 2. The lowest BCUT2D eigenvalue weighted by atomic mass is 9.93. The molecule has 0 spiro atoms. The Morgan fingerprint density at radius 3 is 2.38 bits per heavy atom. The lowest BCUT2D eigenvalue weighted by Gasteiger charge is -2.27. The number of likely N-dealkylation sites (N-methyl/N-ethyl adjacent to an activating group) is 1. The summed E-state index contributed by atoms with van der Waals surface area (Å²) in [6, 6.07) is 9.97. The molecule has 2 aromatic carbocycles. The van der Waals surface area contributed by atoms with Crippen LogP contribution in [-0.2, 0) is 9.59 Å². The summed E-state index contributed by atoms with van der Waals surface area (Å²) >= 11 is 0. The van der Waals surface area contributed by atoms with E-state index in [0.717, 1.165) is 31.2 Å². The highest BCUT2D eigenvalue weighted by atomic mass is 16.5. The summed E-state index contributed by atoms with van der Waals surface area (Å²) in [5.41, 5.74) is 1.95. The van der Waals surface area contributed by atoms with Crippen LogP contribution in [0.4, 0.5) is 0 Å². The minimum absolute atomic E-state index is 0.0581. The molecular formula is C31H42N2O6. The van der Waals surface area contributed by atoms with Gasteiger partial charge in [-0.1, -0.05) is 32.8 Å². The summed E-state index contributed by atoms with van der Waals surface area (Å²) in [6.45, 7) is 8.05. The summed E-state index contributed by atoms with van der Waals surface area (Å²) in [5, 5.41) is 11.5. The molecule has 1 aliphatic heterocycles. The molecule has 0 aliphatic carbocycles. The third-order valence-electron chi connectivity index (χ3n) is 6.76. The molecule has 1 atom stereocenters. The smallest absolute Gasteiger partial charge is 0.295 e. The van der Waals surface area contributed by atoms with Crippen LogP contribution in [0.2, 0.25) is 0 Å². The van der Waals surface area contributed by atoms with Crippen molar-refractivity contribution in [2.45, 2.75) is 52.5 Å². The van der Waals surface area contributed by atoms with Crippen molar-refractivity contribution in [3.8, 4) is 17.2 Å². The van der Waals surface area contributed by atoms with E-state index < -0.39 is 17.7 Å². The minimum Gasteiger partial charge on any atom is -0.507 e. The number of benzene rings is 2. The van der Waals surface area contributed by atoms with Gasteiger partial charge in [-0.2, -0.15) is 0 Å². The molecule has 1 fully saturated rings. The fourth-order valence-electron chi connectivity index (χ4n) is 4.63. The average molecular weight is 539 g/mol. The molecule has 1 unspecified atom stereocenters. The highest BCUT2D eigenvalue weighted by Gasteiger charge is 2.46. The first-order valence-corrected chi connectivity index (χ1v) is 13.7. The second-order valence-corrected chi connectivity index (χ2v) is 10.1. The van der Waals surface area contributed by atoms with Gasteiger partial charge in [-0.15, -0.1) is 0 Å². The van der Waals surface area contributed by atoms with Crippen LogP contribution < -0.4 is 14.2 Å². The van der Waals surface area contributed by atoms with Crippen molar-refractivity contribution in [2.24, 2.45) is 0 Å². The Bertz CT molecular complexity index is 1190. The van der Waals surface area contributed by atoms with Crippen LogP contribution in [0, 0.1) is 6.92 Å². The lowest BCUT2D eigenvalue weighted by molar-refractivity contribution is -0.140. The Kier molecular flexibility index (Phi) is 10.8. The molecule has 2 aromatic rings. The summed E-state index contributed by atoms with van der Waals surface area (Å²) in [7, 11) is 5.38. The quantitative estimate of drug-likeness (QED) is 0.150. The molecule has 212 valence electrons. The first-order chi connectivity index (χ1) is 18.7. The number of amides is 1. The number of unbranched alkanes of at least 4 members (excludes halogenated alkanes) is 2. The molecule has 1 saturated heterocycles. The van der Waals surface area contributed by atoms with Gasteiger partial charge in [0.1, 0.15) is 11.5 Å². The van der Waals surface area contributed by atoms with Crippen LogP contribution in [0.5, 0.6) is 17.2 Å². The van der Waals surface area contributed by atoms with E-state index in [9.17, 15) is 14.7 Å². The number of ether oxygens (including phenoxy) is 3. The van der Waals surface area contributed by atoms with Gasteiger partial charge in [-0.25, -0.2) is 0 Å². The largest absolute Gasteiger partial charge is 0.507 e. The van der Waals surface area contributed by atoms with Gasteiger partial charge in [0.25, 0.3) is 11.7 Å². The van der Waals surface area contributed by atoms with Crippen LogP contribution in [0.15, 0.2) is 42.0 Å². The number of methoxy groups -OCH3 is 1. The van der Waals surface area contributed by atoms with E-state index in [-0.39, 0.29) is 11.3 Å². The summed E-state index contributed by atoms with van der Waals surface area (Å²) in [4.78, 5) is 30.1. The Balaban J connectivity index is 2.08. The number of hydrogen-bond donors (Lipinski definition) is 1. The molecule has 3 rings (SSSR count). The molecule has 0 bridgehead atoms. The van der Waals surface area contributed by atoms with Crippen LogP contribution >= 0.6 is 0 Å². The van der Waals surface area contributed by atoms with Crippen LogP contribution in [0.25, 0.3) is 5.76 Å². The van der Waals surface area contributed by atoms with Crippen LogP contribution in [0.1, 0.15) is 62.3 Å². The Hall–Kier alpha value is -3.52. The second-order valence-electron chi connectivity index (χ2n) is 10.1. The number of aryl methyl sites for hydroxylation is 1. The van der Waals surface area contributed by atoms with Crippen molar-refractivity contribution >= 4 is 17.4 Å². The Morgan fingerprint density at radius 2 is 1.74 bits per heavy atom. The molecule has 1 aliphatic rings. The van der Waals surface area contributed by atoms with E-state index in [1.54, 1.807) is 31.4 Å². The number of aliphatic hydroxyl groups excluding tert-OH is 1. The van der Waals surface area contributed by atoms with E-state index in [4.69, 9.17) is 14.2 Å². The predicted octanol–water partition coefficient (Wildman–Crippen LogP) is 5.34. The number of Topliss-reactive ketones (excluding diaryl/α,β-unsaturated/α-hetero) is 1. The van der Waals surface area contributed by atoms with Crippen molar-refractivity contribution in [1.29, 1.82) is 0 Å². The van der Waals surface area contributed by atoms with Crippen molar-refractivity contribution in [3.63, 3.8) is 0 Å². The number of aliphatic hydroxyl groups is 1. The zero-order valence-corrected chi connectivity index (χ0v) is 24.1. The molecule has 1 heterocycles. The fourth-order valence-corrected chi connectivity index (χ4v) is 4.63. The zero-order chi connectivity index (χ0) is 28.5. The lowest BCUT2D eigenvalue weighted by Crippen LogP contribution is -2.35. The summed E-state index contributed by atoms with van der Waals surface area (Å²) in [6.07, 6.45) is 3.99. The van der Waals surface area contributed by atoms with Gasteiger partial charge in [0, 0.05) is 18.7 Å². The molecule has 0 aromatic heterocycles. The number of nitrogens with zero attached hydrogens (tertiary/aromatic N) is 2. The molecule has 1 N–H and O–H groups in total. The summed E-state index contributed by atoms with van der Waals surface area (Å²) in [5.74, 6) is 0.248. The minimum atomic E-state index is -0.775. The van der Waals surface area contributed by atoms with Crippen LogP contribution in [-0.4, -0.2) is 74.1 Å². The van der Waals surface area contributed by atoms with Crippen molar-refractivity contribution < 1.29 is 28.9 Å². The van der Waals surface area contributed by atoms with Gasteiger partial charge in [0.2, 0.25) is 0 Å².